The molecule has 0 N–H and O–H groups in total. The topological polar surface area (TPSA) is 49.2 Å². The van der Waals surface area contributed by atoms with Crippen LogP contribution >= 0.6 is 0 Å². The number of benzene rings is 3. The van der Waals surface area contributed by atoms with E-state index in [1.54, 1.807) is 7.11 Å². The van der Waals surface area contributed by atoms with Gasteiger partial charge in [-0.2, -0.15) is 0 Å². The van der Waals surface area contributed by atoms with Crippen molar-refractivity contribution >= 4 is 33.1 Å². The van der Waals surface area contributed by atoms with Gasteiger partial charge in [0.2, 0.25) is 0 Å². The van der Waals surface area contributed by atoms with Crippen LogP contribution in [0, 0.1) is 13.8 Å². The maximum Gasteiger partial charge on any atom is 0.161 e. The Kier molecular flexibility index (Phi) is 4.94. The van der Waals surface area contributed by atoms with Crippen molar-refractivity contribution in [2.45, 2.75) is 26.8 Å². The molecule has 0 radical (unpaired) electrons. The van der Waals surface area contributed by atoms with Crippen molar-refractivity contribution in [1.29, 1.82) is 0 Å². The number of hydrogen-bond donors (Lipinski definition) is 0. The first-order chi connectivity index (χ1) is 15.2. The number of nitrogens with zero attached hydrogens (tertiary/aromatic N) is 3. The number of aryl methyl sites for hydroxylation is 3. The molecule has 156 valence electrons. The number of hydrogen-bond acceptors (Lipinski definition) is 4. The average Bonchev–Trinajstić information content (AvgIpc) is 3.08. The van der Waals surface area contributed by atoms with Gasteiger partial charge in [0.1, 0.15) is 5.52 Å². The minimum Gasteiger partial charge on any atom is -0.493 e. The van der Waals surface area contributed by atoms with Crippen LogP contribution in [-0.4, -0.2) is 28.3 Å². The number of para-hydroxylation sites is 4. The summed E-state index contributed by atoms with van der Waals surface area (Å²) in [4.78, 5) is 9.97. The van der Waals surface area contributed by atoms with Crippen molar-refractivity contribution in [3.8, 4) is 11.5 Å². The minimum absolute atomic E-state index is 0.591. The van der Waals surface area contributed by atoms with E-state index in [9.17, 15) is 0 Å². The Morgan fingerprint density at radius 2 is 1.58 bits per heavy atom. The molecule has 0 bridgehead atoms. The summed E-state index contributed by atoms with van der Waals surface area (Å²) in [6, 6.07) is 20.2. The summed E-state index contributed by atoms with van der Waals surface area (Å²) in [5.41, 5.74) is 7.41. The van der Waals surface area contributed by atoms with Gasteiger partial charge in [0.05, 0.1) is 30.3 Å². The zero-order valence-electron chi connectivity index (χ0n) is 18.1. The first-order valence-corrected chi connectivity index (χ1v) is 10.6. The highest BCUT2D eigenvalue weighted by Crippen LogP contribution is 2.32. The molecule has 2 aromatic heterocycles. The van der Waals surface area contributed by atoms with Crippen molar-refractivity contribution in [3.05, 3.63) is 71.8 Å². The largest absolute Gasteiger partial charge is 0.493 e. The summed E-state index contributed by atoms with van der Waals surface area (Å²) in [6.45, 7) is 5.68. The van der Waals surface area contributed by atoms with Crippen molar-refractivity contribution in [1.82, 2.24) is 14.5 Å². The molecule has 2 heterocycles. The third-order valence-corrected chi connectivity index (χ3v) is 5.63. The van der Waals surface area contributed by atoms with E-state index in [1.807, 2.05) is 48.5 Å². The monoisotopic (exact) mass is 411 g/mol. The lowest BCUT2D eigenvalue weighted by Crippen LogP contribution is -2.06. The quantitative estimate of drug-likeness (QED) is 0.330. The highest BCUT2D eigenvalue weighted by atomic mass is 16.5. The number of aromatic nitrogens is 3. The van der Waals surface area contributed by atoms with Crippen LogP contribution < -0.4 is 9.47 Å². The standard InChI is InChI=1S/C26H25N3O2/c1-17-15-18(2)25-19(16-17)24-26(28-21-10-5-4-9-20(21)27-24)29(25)13-8-14-31-23-12-7-6-11-22(23)30-3/h4-7,9-12,15-16H,8,13-14H2,1-3H3. The third-order valence-electron chi connectivity index (χ3n) is 5.63. The van der Waals surface area contributed by atoms with E-state index in [0.29, 0.717) is 6.61 Å². The zero-order valence-corrected chi connectivity index (χ0v) is 18.1. The SMILES string of the molecule is COc1ccccc1OCCCn1c2nc3ccccc3nc2c2cc(C)cc(C)c21. The van der Waals surface area contributed by atoms with E-state index in [1.165, 1.54) is 16.6 Å². The van der Waals surface area contributed by atoms with Gasteiger partial charge in [-0.1, -0.05) is 35.9 Å². The molecule has 0 saturated heterocycles. The second kappa shape index (κ2) is 7.91. The minimum atomic E-state index is 0.591. The van der Waals surface area contributed by atoms with Gasteiger partial charge < -0.3 is 14.0 Å². The van der Waals surface area contributed by atoms with Crippen molar-refractivity contribution < 1.29 is 9.47 Å². The van der Waals surface area contributed by atoms with Gasteiger partial charge in [-0.15, -0.1) is 0 Å². The molecule has 0 saturated carbocycles. The maximum atomic E-state index is 6.00. The molecule has 0 amide bonds. The predicted molar refractivity (Wildman–Crippen MR) is 125 cm³/mol. The lowest BCUT2D eigenvalue weighted by atomic mass is 10.1. The number of methoxy groups -OCH3 is 1. The summed E-state index contributed by atoms with van der Waals surface area (Å²) < 4.78 is 13.7. The van der Waals surface area contributed by atoms with E-state index in [4.69, 9.17) is 19.4 Å². The number of rotatable bonds is 6. The highest BCUT2D eigenvalue weighted by molar-refractivity contribution is 6.07. The summed E-state index contributed by atoms with van der Waals surface area (Å²) in [7, 11) is 1.66. The predicted octanol–water partition coefficient (Wildman–Crippen LogP) is 5.83. The van der Waals surface area contributed by atoms with Crippen LogP contribution in [0.3, 0.4) is 0 Å². The first-order valence-electron chi connectivity index (χ1n) is 10.6. The van der Waals surface area contributed by atoms with Gasteiger partial charge in [0.15, 0.2) is 17.1 Å². The van der Waals surface area contributed by atoms with Crippen LogP contribution in [0.4, 0.5) is 0 Å². The van der Waals surface area contributed by atoms with E-state index in [2.05, 4.69) is 30.5 Å². The van der Waals surface area contributed by atoms with Crippen molar-refractivity contribution in [3.63, 3.8) is 0 Å². The molecule has 5 nitrogen and oxygen atoms in total. The Hall–Kier alpha value is -3.60. The molecule has 0 aliphatic rings. The van der Waals surface area contributed by atoms with Crippen molar-refractivity contribution in [2.75, 3.05) is 13.7 Å². The van der Waals surface area contributed by atoms with Crippen LogP contribution in [0.5, 0.6) is 11.5 Å². The van der Waals surface area contributed by atoms with Gasteiger partial charge in [0.25, 0.3) is 0 Å². The van der Waals surface area contributed by atoms with E-state index in [-0.39, 0.29) is 0 Å². The molecule has 0 fully saturated rings. The molecule has 0 atom stereocenters. The van der Waals surface area contributed by atoms with E-state index in [0.717, 1.165) is 52.0 Å². The second-order valence-corrected chi connectivity index (χ2v) is 7.87. The molecule has 3 aromatic carbocycles. The molecule has 0 spiro atoms. The van der Waals surface area contributed by atoms with Crippen LogP contribution in [0.1, 0.15) is 17.5 Å². The maximum absolute atomic E-state index is 6.00. The van der Waals surface area contributed by atoms with Crippen molar-refractivity contribution in [2.24, 2.45) is 0 Å². The fraction of sp³-hybridized carbons (Fsp3) is 0.231. The average molecular weight is 412 g/mol. The number of ether oxygens (including phenoxy) is 2. The Morgan fingerprint density at radius 1 is 0.871 bits per heavy atom. The molecule has 5 rings (SSSR count). The molecular formula is C26H25N3O2. The molecule has 5 heteroatoms. The Balaban J connectivity index is 1.52. The van der Waals surface area contributed by atoms with Crippen LogP contribution in [0.25, 0.3) is 33.1 Å². The van der Waals surface area contributed by atoms with Crippen LogP contribution in [-0.2, 0) is 6.54 Å². The lowest BCUT2D eigenvalue weighted by Gasteiger charge is -2.12. The van der Waals surface area contributed by atoms with Gasteiger partial charge in [-0.05, 0) is 56.2 Å². The molecule has 0 aliphatic carbocycles. The van der Waals surface area contributed by atoms with Gasteiger partial charge in [-0.25, -0.2) is 9.97 Å². The summed E-state index contributed by atoms with van der Waals surface area (Å²) in [5, 5.41) is 1.16. The van der Waals surface area contributed by atoms with Crippen LogP contribution in [0.2, 0.25) is 0 Å². The fourth-order valence-corrected chi connectivity index (χ4v) is 4.32. The number of fused-ring (bicyclic) bond motifs is 4. The van der Waals surface area contributed by atoms with E-state index < -0.39 is 0 Å². The molecule has 0 aliphatic heterocycles. The molecule has 31 heavy (non-hydrogen) atoms. The Bertz CT molecular complexity index is 1400. The first kappa shape index (κ1) is 19.4. The highest BCUT2D eigenvalue weighted by Gasteiger charge is 2.16. The lowest BCUT2D eigenvalue weighted by molar-refractivity contribution is 0.284. The molecular weight excluding hydrogens is 386 g/mol. The normalized spacial score (nSPS) is 11.5. The third kappa shape index (κ3) is 3.46. The van der Waals surface area contributed by atoms with Gasteiger partial charge in [-0.3, -0.25) is 0 Å². The molecule has 0 unspecified atom stereocenters. The second-order valence-electron chi connectivity index (χ2n) is 7.87. The van der Waals surface area contributed by atoms with Gasteiger partial charge >= 0.3 is 0 Å². The summed E-state index contributed by atoms with van der Waals surface area (Å²) >= 11 is 0. The fourth-order valence-electron chi connectivity index (χ4n) is 4.32. The van der Waals surface area contributed by atoms with Crippen LogP contribution in [0.15, 0.2) is 60.7 Å². The smallest absolute Gasteiger partial charge is 0.161 e. The summed E-state index contributed by atoms with van der Waals surface area (Å²) in [5.74, 6) is 1.52. The Labute approximate surface area is 181 Å². The zero-order chi connectivity index (χ0) is 21.4. The van der Waals surface area contributed by atoms with Gasteiger partial charge in [0, 0.05) is 11.9 Å². The molecule has 5 aromatic rings. The van der Waals surface area contributed by atoms with E-state index >= 15 is 0 Å². The summed E-state index contributed by atoms with van der Waals surface area (Å²) in [6.07, 6.45) is 0.846. The Morgan fingerprint density at radius 3 is 2.35 bits per heavy atom.